The number of hydrogen-bond acceptors (Lipinski definition) is 9. The number of carboxylic acids is 3. The third kappa shape index (κ3) is 8.96. The summed E-state index contributed by atoms with van der Waals surface area (Å²) in [7, 11) is 1.68. The van der Waals surface area contributed by atoms with E-state index in [4.69, 9.17) is 34.6 Å². The van der Waals surface area contributed by atoms with Crippen LogP contribution in [0, 0.1) is 13.8 Å². The third-order valence-corrected chi connectivity index (χ3v) is 6.89. The number of fused-ring (bicyclic) bond motifs is 1. The van der Waals surface area contributed by atoms with E-state index in [1.807, 2.05) is 37.3 Å². The van der Waals surface area contributed by atoms with Crippen molar-refractivity contribution in [2.45, 2.75) is 58.4 Å². The number of carbonyl (C=O) groups is 3. The minimum Gasteiger partial charge on any atom is -0.497 e. The van der Waals surface area contributed by atoms with Crippen molar-refractivity contribution in [2.75, 3.05) is 20.4 Å². The molecule has 44 heavy (non-hydrogen) atoms. The number of aliphatic hydroxyl groups is 2. The van der Waals surface area contributed by atoms with Crippen molar-refractivity contribution in [1.29, 1.82) is 0 Å². The predicted octanol–water partition coefficient (Wildman–Crippen LogP) is 2.97. The van der Waals surface area contributed by atoms with Gasteiger partial charge < -0.3 is 44.3 Å². The van der Waals surface area contributed by atoms with Crippen LogP contribution in [0.15, 0.2) is 48.5 Å². The first-order chi connectivity index (χ1) is 20.7. The lowest BCUT2D eigenvalue weighted by Gasteiger charge is -2.24. The van der Waals surface area contributed by atoms with Crippen molar-refractivity contribution in [3.63, 3.8) is 0 Å². The van der Waals surface area contributed by atoms with Gasteiger partial charge in [-0.1, -0.05) is 12.1 Å². The molecule has 1 aliphatic heterocycles. The van der Waals surface area contributed by atoms with Crippen LogP contribution in [0.3, 0.4) is 0 Å². The predicted molar refractivity (Wildman–Crippen MR) is 157 cm³/mol. The second-order valence-electron chi connectivity index (χ2n) is 10.6. The van der Waals surface area contributed by atoms with E-state index in [1.165, 1.54) is 17.0 Å². The highest BCUT2D eigenvalue weighted by Gasteiger charge is 2.40. The molecule has 13 nitrogen and oxygen atoms in total. The van der Waals surface area contributed by atoms with Crippen LogP contribution < -0.4 is 14.2 Å². The summed E-state index contributed by atoms with van der Waals surface area (Å²) in [5, 5.41) is 43.9. The summed E-state index contributed by atoms with van der Waals surface area (Å²) >= 11 is 0. The van der Waals surface area contributed by atoms with Crippen molar-refractivity contribution in [2.24, 2.45) is 0 Å². The van der Waals surface area contributed by atoms with Crippen LogP contribution in [0.4, 0.5) is 0 Å². The van der Waals surface area contributed by atoms with E-state index >= 15 is 0 Å². The Bertz CT molecular complexity index is 1470. The number of hydrogen-bond donors (Lipinski definition) is 5. The molecule has 13 heteroatoms. The maximum Gasteiger partial charge on any atom is 0.336 e. The molecule has 2 heterocycles. The van der Waals surface area contributed by atoms with Crippen molar-refractivity contribution in [1.82, 2.24) is 9.47 Å². The van der Waals surface area contributed by atoms with Gasteiger partial charge in [-0.3, -0.25) is 14.5 Å². The summed E-state index contributed by atoms with van der Waals surface area (Å²) in [5.41, 5.74) is 3.07. The number of aliphatic hydroxyl groups excluding tert-OH is 1. The van der Waals surface area contributed by atoms with Crippen LogP contribution in [0.5, 0.6) is 17.2 Å². The van der Waals surface area contributed by atoms with Gasteiger partial charge in [0.2, 0.25) is 6.79 Å². The summed E-state index contributed by atoms with van der Waals surface area (Å²) in [5.74, 6) is -2.61. The summed E-state index contributed by atoms with van der Waals surface area (Å²) in [4.78, 5) is 32.7. The van der Waals surface area contributed by atoms with Crippen molar-refractivity contribution >= 4 is 17.9 Å². The molecule has 0 bridgehead atoms. The molecule has 0 saturated carbocycles. The lowest BCUT2D eigenvalue weighted by atomic mass is 9.96. The average molecular weight is 615 g/mol. The number of aromatic nitrogens is 1. The fourth-order valence-corrected chi connectivity index (χ4v) is 4.95. The van der Waals surface area contributed by atoms with E-state index in [2.05, 4.69) is 41.5 Å². The zero-order valence-corrected chi connectivity index (χ0v) is 25.0. The monoisotopic (exact) mass is 614 g/mol. The largest absolute Gasteiger partial charge is 0.497 e. The van der Waals surface area contributed by atoms with Gasteiger partial charge >= 0.3 is 17.9 Å². The van der Waals surface area contributed by atoms with Crippen LogP contribution >= 0.6 is 0 Å². The summed E-state index contributed by atoms with van der Waals surface area (Å²) in [6.07, 6.45) is -2.71. The van der Waals surface area contributed by atoms with E-state index in [9.17, 15) is 19.5 Å². The second-order valence-corrected chi connectivity index (χ2v) is 10.6. The van der Waals surface area contributed by atoms with Crippen LogP contribution in [0.1, 0.15) is 42.3 Å². The molecule has 238 valence electrons. The van der Waals surface area contributed by atoms with E-state index in [-0.39, 0.29) is 6.79 Å². The number of carboxylic acid groups (broad SMARTS) is 3. The van der Waals surface area contributed by atoms with Crippen LogP contribution in [-0.4, -0.2) is 85.1 Å². The SMILES string of the molecule is COc1cccc(-n2c(C)cc(CN(Cc3ccc4c(c3)OCO4)CC(C)O)c2C)c1.O=C(O)CC(O)(CC(=O)O)C(=O)O. The van der Waals surface area contributed by atoms with Gasteiger partial charge in [0.15, 0.2) is 17.1 Å². The molecule has 1 atom stereocenters. The molecule has 1 unspecified atom stereocenters. The molecule has 1 aliphatic rings. The van der Waals surface area contributed by atoms with Gasteiger partial charge in [-0.2, -0.15) is 0 Å². The first kappa shape index (κ1) is 33.9. The van der Waals surface area contributed by atoms with E-state index in [1.54, 1.807) is 7.11 Å². The quantitative estimate of drug-likeness (QED) is 0.190. The van der Waals surface area contributed by atoms with Gasteiger partial charge in [-0.05, 0) is 62.2 Å². The maximum atomic E-state index is 10.3. The lowest BCUT2D eigenvalue weighted by Crippen LogP contribution is -2.42. The summed E-state index contributed by atoms with van der Waals surface area (Å²) < 4.78 is 18.6. The van der Waals surface area contributed by atoms with Gasteiger partial charge in [0.25, 0.3) is 0 Å². The van der Waals surface area contributed by atoms with Crippen molar-refractivity contribution in [3.05, 3.63) is 71.0 Å². The number of ether oxygens (including phenoxy) is 3. The standard InChI is InChI=1S/C25H30N2O4.C6H8O7/c1-17-10-21(19(3)27(17)22-6-5-7-23(12-22)29-4)15-26(13-18(2)28)14-20-8-9-24-25(11-20)31-16-30-24;7-3(8)1-6(13,5(11)12)2-4(9)10/h5-12,18,28H,13-16H2,1-4H3;13H,1-2H2,(H,7,8)(H,9,10)(H,11,12). The normalized spacial score (nSPS) is 12.8. The number of nitrogens with zero attached hydrogens (tertiary/aromatic N) is 2. The Labute approximate surface area is 254 Å². The summed E-state index contributed by atoms with van der Waals surface area (Å²) in [6.45, 7) is 8.39. The fraction of sp³-hybridized carbons (Fsp3) is 0.387. The molecule has 3 aromatic rings. The minimum atomic E-state index is -2.74. The zero-order valence-electron chi connectivity index (χ0n) is 25.0. The van der Waals surface area contributed by atoms with Crippen LogP contribution in [0.2, 0.25) is 0 Å². The number of methoxy groups -OCH3 is 1. The molecule has 5 N–H and O–H groups in total. The Hall–Kier alpha value is -4.59. The van der Waals surface area contributed by atoms with Gasteiger partial charge in [-0.25, -0.2) is 4.79 Å². The van der Waals surface area contributed by atoms with Crippen molar-refractivity contribution in [3.8, 4) is 22.9 Å². The van der Waals surface area contributed by atoms with Crippen LogP contribution in [0.25, 0.3) is 5.69 Å². The Kier molecular flexibility index (Phi) is 11.4. The Balaban J connectivity index is 0.000000345. The lowest BCUT2D eigenvalue weighted by molar-refractivity contribution is -0.170. The number of rotatable bonds is 13. The van der Waals surface area contributed by atoms with Gasteiger partial charge in [0.1, 0.15) is 5.75 Å². The molecule has 0 aliphatic carbocycles. The summed E-state index contributed by atoms with van der Waals surface area (Å²) in [6, 6.07) is 16.4. The fourth-order valence-electron chi connectivity index (χ4n) is 4.95. The second kappa shape index (κ2) is 14.7. The van der Waals surface area contributed by atoms with E-state index in [0.717, 1.165) is 35.0 Å². The maximum absolute atomic E-state index is 10.3. The molecule has 0 radical (unpaired) electrons. The first-order valence-corrected chi connectivity index (χ1v) is 13.7. The molecule has 2 aromatic carbocycles. The highest BCUT2D eigenvalue weighted by Crippen LogP contribution is 2.33. The van der Waals surface area contributed by atoms with E-state index in [0.29, 0.717) is 13.1 Å². The van der Waals surface area contributed by atoms with Gasteiger partial charge in [-0.15, -0.1) is 0 Å². The highest BCUT2D eigenvalue weighted by atomic mass is 16.7. The highest BCUT2D eigenvalue weighted by molar-refractivity contribution is 5.88. The topological polar surface area (TPSA) is 188 Å². The molecule has 1 aromatic heterocycles. The smallest absolute Gasteiger partial charge is 0.336 e. The number of benzene rings is 2. The Morgan fingerprint density at radius 2 is 1.64 bits per heavy atom. The van der Waals surface area contributed by atoms with E-state index < -0.39 is 42.5 Å². The average Bonchev–Trinajstić information content (AvgIpc) is 3.50. The van der Waals surface area contributed by atoms with Gasteiger partial charge in [0.05, 0.1) is 26.1 Å². The minimum absolute atomic E-state index is 0.270. The third-order valence-electron chi connectivity index (χ3n) is 6.89. The molecule has 0 spiro atoms. The zero-order chi connectivity index (χ0) is 32.6. The van der Waals surface area contributed by atoms with Gasteiger partial charge in [0, 0.05) is 42.8 Å². The molecular weight excluding hydrogens is 576 g/mol. The number of aryl methyl sites for hydroxylation is 1. The van der Waals surface area contributed by atoms with Crippen LogP contribution in [-0.2, 0) is 27.5 Å². The first-order valence-electron chi connectivity index (χ1n) is 13.7. The molecule has 0 saturated heterocycles. The molecule has 0 fully saturated rings. The molecule has 0 amide bonds. The Morgan fingerprint density at radius 1 is 0.977 bits per heavy atom. The molecule has 4 rings (SSSR count). The molecular formula is C31H38N2O11. The Morgan fingerprint density at radius 3 is 2.23 bits per heavy atom. The van der Waals surface area contributed by atoms with Crippen molar-refractivity contribution < 1.29 is 54.1 Å². The number of aliphatic carboxylic acids is 3.